The molecular formula is C18H27NO4. The molecule has 0 amide bonds. The molecule has 1 aromatic rings. The molecule has 1 aromatic carbocycles. The molecule has 0 unspecified atom stereocenters. The molecule has 1 aliphatic heterocycles. The van der Waals surface area contributed by atoms with Crippen LogP contribution in [0.5, 0.6) is 17.2 Å². The van der Waals surface area contributed by atoms with Gasteiger partial charge in [0, 0.05) is 31.8 Å². The molecule has 0 atom stereocenters. The van der Waals surface area contributed by atoms with Crippen molar-refractivity contribution in [1.29, 1.82) is 0 Å². The number of morpholine rings is 1. The van der Waals surface area contributed by atoms with E-state index in [1.54, 1.807) is 21.3 Å². The minimum atomic E-state index is 0.0746. The SMILES string of the molecule is COc1cc(OC)c(CN2CCOC3(CCCC3)C2)c(OC)c1. The van der Waals surface area contributed by atoms with Crippen LogP contribution >= 0.6 is 0 Å². The van der Waals surface area contributed by atoms with Crippen LogP contribution in [0.1, 0.15) is 31.2 Å². The highest BCUT2D eigenvalue weighted by molar-refractivity contribution is 5.50. The van der Waals surface area contributed by atoms with E-state index in [-0.39, 0.29) is 5.60 Å². The molecule has 1 heterocycles. The van der Waals surface area contributed by atoms with E-state index in [1.165, 1.54) is 25.7 Å². The van der Waals surface area contributed by atoms with Gasteiger partial charge in [-0.25, -0.2) is 0 Å². The smallest absolute Gasteiger partial charge is 0.130 e. The molecule has 1 saturated heterocycles. The van der Waals surface area contributed by atoms with Gasteiger partial charge < -0.3 is 18.9 Å². The Bertz CT molecular complexity index is 515. The molecule has 2 aliphatic rings. The second-order valence-corrected chi connectivity index (χ2v) is 6.46. The Kier molecular flexibility index (Phi) is 4.97. The van der Waals surface area contributed by atoms with Crippen molar-refractivity contribution in [3.8, 4) is 17.2 Å². The van der Waals surface area contributed by atoms with Crippen LogP contribution in [-0.4, -0.2) is 51.5 Å². The lowest BCUT2D eigenvalue weighted by atomic mass is 9.99. The van der Waals surface area contributed by atoms with Gasteiger partial charge in [0.1, 0.15) is 17.2 Å². The topological polar surface area (TPSA) is 40.2 Å². The van der Waals surface area contributed by atoms with E-state index in [9.17, 15) is 0 Å². The van der Waals surface area contributed by atoms with Gasteiger partial charge >= 0.3 is 0 Å². The summed E-state index contributed by atoms with van der Waals surface area (Å²) in [6, 6.07) is 3.84. The molecule has 3 rings (SSSR count). The van der Waals surface area contributed by atoms with E-state index in [1.807, 2.05) is 12.1 Å². The molecule has 2 fully saturated rings. The highest BCUT2D eigenvalue weighted by Crippen LogP contribution is 2.39. The van der Waals surface area contributed by atoms with Gasteiger partial charge in [0.05, 0.1) is 39.1 Å². The monoisotopic (exact) mass is 321 g/mol. The maximum absolute atomic E-state index is 6.12. The van der Waals surface area contributed by atoms with E-state index in [0.717, 1.165) is 49.1 Å². The molecule has 128 valence electrons. The van der Waals surface area contributed by atoms with Crippen LogP contribution in [0.3, 0.4) is 0 Å². The zero-order valence-corrected chi connectivity index (χ0v) is 14.4. The van der Waals surface area contributed by atoms with Crippen molar-refractivity contribution in [3.63, 3.8) is 0 Å². The largest absolute Gasteiger partial charge is 0.496 e. The second kappa shape index (κ2) is 6.97. The molecule has 0 bridgehead atoms. The van der Waals surface area contributed by atoms with Crippen molar-refractivity contribution in [2.24, 2.45) is 0 Å². The maximum atomic E-state index is 6.12. The molecule has 5 nitrogen and oxygen atoms in total. The molecular weight excluding hydrogens is 294 g/mol. The molecule has 1 aliphatic carbocycles. The van der Waals surface area contributed by atoms with E-state index >= 15 is 0 Å². The lowest BCUT2D eigenvalue weighted by Gasteiger charge is -2.40. The number of rotatable bonds is 5. The first-order valence-corrected chi connectivity index (χ1v) is 8.35. The van der Waals surface area contributed by atoms with Crippen molar-refractivity contribution in [3.05, 3.63) is 17.7 Å². The normalized spacial score (nSPS) is 20.7. The van der Waals surface area contributed by atoms with Crippen LogP contribution < -0.4 is 14.2 Å². The van der Waals surface area contributed by atoms with E-state index in [0.29, 0.717) is 0 Å². The predicted octanol–water partition coefficient (Wildman–Crippen LogP) is 2.86. The average molecular weight is 321 g/mol. The zero-order valence-electron chi connectivity index (χ0n) is 14.4. The third kappa shape index (κ3) is 3.40. The number of nitrogens with zero attached hydrogens (tertiary/aromatic N) is 1. The first kappa shape index (κ1) is 16.4. The molecule has 0 radical (unpaired) electrons. The fourth-order valence-corrected chi connectivity index (χ4v) is 3.84. The van der Waals surface area contributed by atoms with Gasteiger partial charge in [0.2, 0.25) is 0 Å². The van der Waals surface area contributed by atoms with Gasteiger partial charge in [-0.15, -0.1) is 0 Å². The molecule has 1 saturated carbocycles. The van der Waals surface area contributed by atoms with E-state index in [2.05, 4.69) is 4.90 Å². The van der Waals surface area contributed by atoms with Gasteiger partial charge in [-0.05, 0) is 12.8 Å². The summed E-state index contributed by atoms with van der Waals surface area (Å²) in [7, 11) is 5.03. The Morgan fingerprint density at radius 2 is 1.70 bits per heavy atom. The highest BCUT2D eigenvalue weighted by atomic mass is 16.5. The summed E-state index contributed by atoms with van der Waals surface area (Å²) >= 11 is 0. The van der Waals surface area contributed by atoms with Crippen molar-refractivity contribution in [1.82, 2.24) is 4.90 Å². The average Bonchev–Trinajstić information content (AvgIpc) is 3.02. The molecule has 5 heteroatoms. The summed E-state index contributed by atoms with van der Waals surface area (Å²) in [6.45, 7) is 3.55. The molecule has 1 spiro atoms. The summed E-state index contributed by atoms with van der Waals surface area (Å²) < 4.78 is 22.6. The third-order valence-corrected chi connectivity index (χ3v) is 5.04. The number of benzene rings is 1. The predicted molar refractivity (Wildman–Crippen MR) is 88.5 cm³/mol. The Balaban J connectivity index is 1.81. The van der Waals surface area contributed by atoms with Crippen LogP contribution in [-0.2, 0) is 11.3 Å². The minimum absolute atomic E-state index is 0.0746. The lowest BCUT2D eigenvalue weighted by Crippen LogP contribution is -2.49. The van der Waals surface area contributed by atoms with Crippen molar-refractivity contribution in [2.45, 2.75) is 37.8 Å². The first-order valence-electron chi connectivity index (χ1n) is 8.35. The first-order chi connectivity index (χ1) is 11.2. The highest BCUT2D eigenvalue weighted by Gasteiger charge is 2.39. The zero-order chi connectivity index (χ0) is 16.3. The summed E-state index contributed by atoms with van der Waals surface area (Å²) in [5, 5.41) is 0. The quantitative estimate of drug-likeness (QED) is 0.834. The Morgan fingerprint density at radius 3 is 2.26 bits per heavy atom. The number of hydrogen-bond acceptors (Lipinski definition) is 5. The Morgan fingerprint density at radius 1 is 1.04 bits per heavy atom. The van der Waals surface area contributed by atoms with Gasteiger partial charge in [0.15, 0.2) is 0 Å². The van der Waals surface area contributed by atoms with Gasteiger partial charge in [0.25, 0.3) is 0 Å². The molecule has 0 N–H and O–H groups in total. The Hall–Kier alpha value is -1.46. The van der Waals surface area contributed by atoms with Gasteiger partial charge in [-0.2, -0.15) is 0 Å². The van der Waals surface area contributed by atoms with Crippen LogP contribution in [0.4, 0.5) is 0 Å². The van der Waals surface area contributed by atoms with E-state index < -0.39 is 0 Å². The molecule has 0 aromatic heterocycles. The fourth-order valence-electron chi connectivity index (χ4n) is 3.84. The summed E-state index contributed by atoms with van der Waals surface area (Å²) in [4.78, 5) is 2.46. The van der Waals surface area contributed by atoms with Crippen molar-refractivity contribution < 1.29 is 18.9 Å². The standard InChI is InChI=1S/C18H27NO4/c1-20-14-10-16(21-2)15(17(11-14)22-3)12-19-8-9-23-18(13-19)6-4-5-7-18/h10-11H,4-9,12-13H2,1-3H3. The maximum Gasteiger partial charge on any atom is 0.130 e. The van der Waals surface area contributed by atoms with Crippen LogP contribution in [0, 0.1) is 0 Å². The lowest BCUT2D eigenvalue weighted by molar-refractivity contribution is -0.107. The summed E-state index contributed by atoms with van der Waals surface area (Å²) in [6.07, 6.45) is 4.92. The number of ether oxygens (including phenoxy) is 4. The van der Waals surface area contributed by atoms with Crippen molar-refractivity contribution in [2.75, 3.05) is 41.0 Å². The summed E-state index contributed by atoms with van der Waals surface area (Å²) in [5.74, 6) is 2.37. The van der Waals surface area contributed by atoms with Crippen LogP contribution in [0.2, 0.25) is 0 Å². The minimum Gasteiger partial charge on any atom is -0.496 e. The van der Waals surface area contributed by atoms with Gasteiger partial charge in [-0.3, -0.25) is 4.90 Å². The second-order valence-electron chi connectivity index (χ2n) is 6.46. The number of hydrogen-bond donors (Lipinski definition) is 0. The van der Waals surface area contributed by atoms with E-state index in [4.69, 9.17) is 18.9 Å². The fraction of sp³-hybridized carbons (Fsp3) is 0.667. The number of methoxy groups -OCH3 is 3. The van der Waals surface area contributed by atoms with Gasteiger partial charge in [-0.1, -0.05) is 12.8 Å². The molecule has 23 heavy (non-hydrogen) atoms. The third-order valence-electron chi connectivity index (χ3n) is 5.04. The van der Waals surface area contributed by atoms with Crippen LogP contribution in [0.25, 0.3) is 0 Å². The summed E-state index contributed by atoms with van der Waals surface area (Å²) in [5.41, 5.74) is 1.15. The Labute approximate surface area is 138 Å². The van der Waals surface area contributed by atoms with Crippen LogP contribution in [0.15, 0.2) is 12.1 Å². The van der Waals surface area contributed by atoms with Crippen molar-refractivity contribution >= 4 is 0 Å².